The maximum absolute atomic E-state index is 12.1. The quantitative estimate of drug-likeness (QED) is 0.607. The number of ketones is 1. The number of carbonyl (C=O) groups excluding carboxylic acids is 1. The summed E-state index contributed by atoms with van der Waals surface area (Å²) in [5, 5.41) is 0. The fraction of sp³-hybridized carbons (Fsp3) is 0.529. The first-order valence-corrected chi connectivity index (χ1v) is 7.38. The van der Waals surface area contributed by atoms with Gasteiger partial charge in [0.1, 0.15) is 5.78 Å². The molecule has 0 saturated carbocycles. The molecule has 0 aromatic heterocycles. The van der Waals surface area contributed by atoms with Gasteiger partial charge in [-0.15, -0.1) is 0 Å². The molecule has 19 heavy (non-hydrogen) atoms. The Morgan fingerprint density at radius 1 is 1.11 bits per heavy atom. The number of nitrogens with zero attached hydrogens (tertiary/aromatic N) is 1. The zero-order valence-electron chi connectivity index (χ0n) is 12.4. The zero-order valence-corrected chi connectivity index (χ0v) is 12.4. The molecule has 1 unspecified atom stereocenters. The summed E-state index contributed by atoms with van der Waals surface area (Å²) in [7, 11) is 0. The third kappa shape index (κ3) is 4.98. The summed E-state index contributed by atoms with van der Waals surface area (Å²) in [5.74, 6) is 0.333. The van der Waals surface area contributed by atoms with Gasteiger partial charge in [0, 0.05) is 12.1 Å². The van der Waals surface area contributed by atoms with Gasteiger partial charge >= 0.3 is 0 Å². The van der Waals surface area contributed by atoms with Crippen LogP contribution in [0.1, 0.15) is 52.9 Å². The van der Waals surface area contributed by atoms with E-state index in [4.69, 9.17) is 4.99 Å². The molecule has 0 N–H and O–H groups in total. The van der Waals surface area contributed by atoms with Crippen LogP contribution in [0.15, 0.2) is 35.3 Å². The van der Waals surface area contributed by atoms with E-state index in [2.05, 4.69) is 13.8 Å². The number of hydrogen-bond acceptors (Lipinski definition) is 2. The van der Waals surface area contributed by atoms with E-state index in [0.717, 1.165) is 37.1 Å². The summed E-state index contributed by atoms with van der Waals surface area (Å²) < 4.78 is 0. The Bertz CT molecular complexity index is 409. The molecule has 0 fully saturated rings. The second-order valence-corrected chi connectivity index (χ2v) is 4.81. The van der Waals surface area contributed by atoms with Crippen LogP contribution in [0.4, 0.5) is 5.69 Å². The summed E-state index contributed by atoms with van der Waals surface area (Å²) in [6.45, 7) is 6.19. The first kappa shape index (κ1) is 15.6. The number of rotatable bonds is 8. The molecular weight excluding hydrogens is 234 g/mol. The van der Waals surface area contributed by atoms with E-state index >= 15 is 0 Å². The van der Waals surface area contributed by atoms with Gasteiger partial charge in [0.15, 0.2) is 0 Å². The van der Waals surface area contributed by atoms with Crippen molar-refractivity contribution in [3.63, 3.8) is 0 Å². The Morgan fingerprint density at radius 3 is 2.32 bits per heavy atom. The van der Waals surface area contributed by atoms with E-state index in [1.807, 2.05) is 37.3 Å². The third-order valence-electron chi connectivity index (χ3n) is 3.38. The lowest BCUT2D eigenvalue weighted by Gasteiger charge is -2.16. The Labute approximate surface area is 117 Å². The highest BCUT2D eigenvalue weighted by Gasteiger charge is 2.21. The standard InChI is InChI=1S/C17H25NO/c1-4-7-13-15(17(19)6-3)16(5-2)18-14-11-9-8-10-12-14/h8-12,15H,4-7,13H2,1-3H3. The van der Waals surface area contributed by atoms with Crippen molar-refractivity contribution in [2.75, 3.05) is 0 Å². The molecule has 0 spiro atoms. The van der Waals surface area contributed by atoms with Gasteiger partial charge < -0.3 is 0 Å². The molecule has 1 aromatic rings. The lowest BCUT2D eigenvalue weighted by molar-refractivity contribution is -0.120. The number of benzene rings is 1. The van der Waals surface area contributed by atoms with Crippen molar-refractivity contribution >= 4 is 17.2 Å². The Morgan fingerprint density at radius 2 is 1.79 bits per heavy atom. The number of Topliss-reactive ketones (excluding diaryl/α,β-unsaturated/α-hetero) is 1. The highest BCUT2D eigenvalue weighted by molar-refractivity contribution is 6.05. The number of carbonyl (C=O) groups is 1. The van der Waals surface area contributed by atoms with Crippen LogP contribution in [-0.4, -0.2) is 11.5 Å². The van der Waals surface area contributed by atoms with Gasteiger partial charge in [-0.25, -0.2) is 0 Å². The number of para-hydroxylation sites is 1. The van der Waals surface area contributed by atoms with Gasteiger partial charge in [0.25, 0.3) is 0 Å². The average Bonchev–Trinajstić information content (AvgIpc) is 2.46. The molecule has 0 bridgehead atoms. The van der Waals surface area contributed by atoms with E-state index in [9.17, 15) is 4.79 Å². The minimum absolute atomic E-state index is 0.00940. The molecule has 104 valence electrons. The Balaban J connectivity index is 2.95. The van der Waals surface area contributed by atoms with Crippen molar-refractivity contribution in [2.24, 2.45) is 10.9 Å². The summed E-state index contributed by atoms with van der Waals surface area (Å²) >= 11 is 0. The van der Waals surface area contributed by atoms with Gasteiger partial charge in [0.05, 0.1) is 11.6 Å². The van der Waals surface area contributed by atoms with Crippen molar-refractivity contribution in [1.82, 2.24) is 0 Å². The van der Waals surface area contributed by atoms with Crippen LogP contribution >= 0.6 is 0 Å². The molecule has 1 atom stereocenters. The number of aliphatic imine (C=N–C) groups is 1. The van der Waals surface area contributed by atoms with E-state index in [1.54, 1.807) is 0 Å². The first-order valence-electron chi connectivity index (χ1n) is 7.38. The van der Waals surface area contributed by atoms with Crippen LogP contribution in [0.5, 0.6) is 0 Å². The minimum atomic E-state index is 0.00940. The predicted octanol–water partition coefficient (Wildman–Crippen LogP) is 4.95. The molecule has 0 amide bonds. The zero-order chi connectivity index (χ0) is 14.1. The molecule has 2 heteroatoms. The highest BCUT2D eigenvalue weighted by atomic mass is 16.1. The maximum Gasteiger partial charge on any atom is 0.141 e. The van der Waals surface area contributed by atoms with Crippen molar-refractivity contribution in [2.45, 2.75) is 52.9 Å². The van der Waals surface area contributed by atoms with Crippen LogP contribution in [0, 0.1) is 5.92 Å². The second-order valence-electron chi connectivity index (χ2n) is 4.81. The van der Waals surface area contributed by atoms with E-state index in [1.165, 1.54) is 0 Å². The largest absolute Gasteiger partial charge is 0.299 e. The second kappa shape index (κ2) is 8.63. The van der Waals surface area contributed by atoms with Gasteiger partial charge in [-0.05, 0) is 25.0 Å². The molecule has 0 aliphatic heterocycles. The van der Waals surface area contributed by atoms with Crippen LogP contribution in [0.2, 0.25) is 0 Å². The number of unbranched alkanes of at least 4 members (excludes halogenated alkanes) is 1. The van der Waals surface area contributed by atoms with Gasteiger partial charge in [-0.1, -0.05) is 51.8 Å². The van der Waals surface area contributed by atoms with Gasteiger partial charge in [-0.3, -0.25) is 9.79 Å². The Hall–Kier alpha value is -1.44. The predicted molar refractivity (Wildman–Crippen MR) is 82.1 cm³/mol. The first-order chi connectivity index (χ1) is 9.22. The number of hydrogen-bond donors (Lipinski definition) is 0. The molecule has 0 aliphatic carbocycles. The highest BCUT2D eigenvalue weighted by Crippen LogP contribution is 2.20. The Kier molecular flexibility index (Phi) is 7.09. The fourth-order valence-electron chi connectivity index (χ4n) is 2.24. The monoisotopic (exact) mass is 259 g/mol. The van der Waals surface area contributed by atoms with Crippen molar-refractivity contribution < 1.29 is 4.79 Å². The molecule has 0 saturated heterocycles. The average molecular weight is 259 g/mol. The normalized spacial score (nSPS) is 13.3. The molecule has 1 aromatic carbocycles. The fourth-order valence-corrected chi connectivity index (χ4v) is 2.24. The SMILES string of the molecule is CCCCC(C(=O)CC)C(CC)=Nc1ccccc1. The van der Waals surface area contributed by atoms with Gasteiger partial charge in [-0.2, -0.15) is 0 Å². The summed E-state index contributed by atoms with van der Waals surface area (Å²) in [6, 6.07) is 9.92. The molecular formula is C17H25NO. The summed E-state index contributed by atoms with van der Waals surface area (Å²) in [5.41, 5.74) is 1.98. The lowest BCUT2D eigenvalue weighted by atomic mass is 9.89. The van der Waals surface area contributed by atoms with Crippen molar-refractivity contribution in [1.29, 1.82) is 0 Å². The van der Waals surface area contributed by atoms with Crippen LogP contribution in [0.25, 0.3) is 0 Å². The maximum atomic E-state index is 12.1. The van der Waals surface area contributed by atoms with Crippen LogP contribution in [-0.2, 0) is 4.79 Å². The molecule has 1 rings (SSSR count). The van der Waals surface area contributed by atoms with Gasteiger partial charge in [0.2, 0.25) is 0 Å². The van der Waals surface area contributed by atoms with Crippen molar-refractivity contribution in [3.8, 4) is 0 Å². The molecule has 0 aliphatic rings. The molecule has 2 nitrogen and oxygen atoms in total. The van der Waals surface area contributed by atoms with Crippen LogP contribution < -0.4 is 0 Å². The molecule has 0 heterocycles. The lowest BCUT2D eigenvalue weighted by Crippen LogP contribution is -2.23. The summed E-state index contributed by atoms with van der Waals surface area (Å²) in [6.07, 6.45) is 4.58. The smallest absolute Gasteiger partial charge is 0.141 e. The third-order valence-corrected chi connectivity index (χ3v) is 3.38. The van der Waals surface area contributed by atoms with E-state index < -0.39 is 0 Å². The van der Waals surface area contributed by atoms with E-state index in [-0.39, 0.29) is 5.92 Å². The minimum Gasteiger partial charge on any atom is -0.299 e. The van der Waals surface area contributed by atoms with Crippen LogP contribution in [0.3, 0.4) is 0 Å². The van der Waals surface area contributed by atoms with Crippen molar-refractivity contribution in [3.05, 3.63) is 30.3 Å². The summed E-state index contributed by atoms with van der Waals surface area (Å²) in [4.78, 5) is 16.8. The topological polar surface area (TPSA) is 29.4 Å². The van der Waals surface area contributed by atoms with E-state index in [0.29, 0.717) is 12.2 Å². The molecule has 0 radical (unpaired) electrons.